The molecule has 0 bridgehead atoms. The van der Waals surface area contributed by atoms with Crippen molar-refractivity contribution in [3.63, 3.8) is 0 Å². The molecular weight excluding hydrogens is 230 g/mol. The lowest BCUT2D eigenvalue weighted by atomic mass is 10.3. The van der Waals surface area contributed by atoms with Crippen LogP contribution >= 0.6 is 0 Å². The third kappa shape index (κ3) is 2.37. The van der Waals surface area contributed by atoms with E-state index in [1.165, 1.54) is 18.3 Å². The highest BCUT2D eigenvalue weighted by atomic mass is 32.2. The number of nitrogens with zero attached hydrogens (tertiary/aromatic N) is 2. The molecule has 1 aromatic heterocycles. The number of ether oxygens (including phenoxy) is 1. The van der Waals surface area contributed by atoms with Crippen molar-refractivity contribution in [2.75, 3.05) is 6.26 Å². The van der Waals surface area contributed by atoms with Crippen LogP contribution in [0.5, 0.6) is 11.6 Å². The summed E-state index contributed by atoms with van der Waals surface area (Å²) in [5.74, 6) is 0.827. The van der Waals surface area contributed by atoms with E-state index in [4.69, 9.17) is 4.74 Å². The van der Waals surface area contributed by atoms with E-state index < -0.39 is 9.84 Å². The van der Waals surface area contributed by atoms with E-state index in [0.717, 1.165) is 6.26 Å². The topological polar surface area (TPSA) is 84.9 Å². The molecule has 0 spiro atoms. The number of sulfone groups is 1. The quantitative estimate of drug-likeness (QED) is 0.863. The van der Waals surface area contributed by atoms with Crippen LogP contribution in [0.3, 0.4) is 0 Å². The Hall–Kier alpha value is -1.89. The van der Waals surface area contributed by atoms with Gasteiger partial charge in [0, 0.05) is 6.26 Å². The van der Waals surface area contributed by atoms with Crippen molar-refractivity contribution in [1.29, 1.82) is 0 Å². The Kier molecular flexibility index (Phi) is 2.61. The molecule has 2 rings (SSSR count). The summed E-state index contributed by atoms with van der Waals surface area (Å²) >= 11 is 0. The maximum atomic E-state index is 11.2. The SMILES string of the molecule is CS(=O)(=O)c1ccc(Oc2cn[nH]n2)cc1. The van der Waals surface area contributed by atoms with Gasteiger partial charge in [-0.2, -0.15) is 10.3 Å². The third-order valence-corrected chi connectivity index (χ3v) is 3.00. The average Bonchev–Trinajstić information content (AvgIpc) is 2.70. The second kappa shape index (κ2) is 3.93. The first kappa shape index (κ1) is 10.6. The molecule has 84 valence electrons. The number of hydrogen-bond acceptors (Lipinski definition) is 5. The summed E-state index contributed by atoms with van der Waals surface area (Å²) in [7, 11) is -3.17. The Morgan fingerprint density at radius 3 is 2.44 bits per heavy atom. The fourth-order valence-electron chi connectivity index (χ4n) is 1.12. The van der Waals surface area contributed by atoms with Crippen LogP contribution in [0.4, 0.5) is 0 Å². The summed E-state index contributed by atoms with van der Waals surface area (Å²) in [6.07, 6.45) is 2.57. The minimum atomic E-state index is -3.17. The Balaban J connectivity index is 2.20. The van der Waals surface area contributed by atoms with Gasteiger partial charge in [-0.3, -0.25) is 0 Å². The van der Waals surface area contributed by atoms with Gasteiger partial charge in [0.2, 0.25) is 0 Å². The Labute approximate surface area is 92.2 Å². The van der Waals surface area contributed by atoms with Crippen molar-refractivity contribution in [1.82, 2.24) is 15.4 Å². The molecule has 0 saturated carbocycles. The molecule has 0 atom stereocenters. The molecule has 1 heterocycles. The molecule has 0 saturated heterocycles. The fraction of sp³-hybridized carbons (Fsp3) is 0.111. The highest BCUT2D eigenvalue weighted by molar-refractivity contribution is 7.90. The molecule has 16 heavy (non-hydrogen) atoms. The summed E-state index contributed by atoms with van der Waals surface area (Å²) in [5.41, 5.74) is 0. The van der Waals surface area contributed by atoms with Gasteiger partial charge in [0.15, 0.2) is 9.84 Å². The zero-order valence-corrected chi connectivity index (χ0v) is 9.23. The van der Waals surface area contributed by atoms with Crippen LogP contribution < -0.4 is 4.74 Å². The molecule has 6 nitrogen and oxygen atoms in total. The molecule has 2 aromatic rings. The van der Waals surface area contributed by atoms with Crippen molar-refractivity contribution in [3.05, 3.63) is 30.5 Å². The molecular formula is C9H9N3O3S. The van der Waals surface area contributed by atoms with Crippen molar-refractivity contribution in [2.24, 2.45) is 0 Å². The number of aromatic amines is 1. The van der Waals surface area contributed by atoms with Crippen LogP contribution in [0.25, 0.3) is 0 Å². The van der Waals surface area contributed by atoms with Gasteiger partial charge < -0.3 is 4.74 Å². The van der Waals surface area contributed by atoms with Gasteiger partial charge in [-0.15, -0.1) is 5.10 Å². The molecule has 0 fully saturated rings. The summed E-state index contributed by atoms with van der Waals surface area (Å²) < 4.78 is 27.7. The zero-order valence-electron chi connectivity index (χ0n) is 8.41. The van der Waals surface area contributed by atoms with Crippen LogP contribution in [0, 0.1) is 0 Å². The Morgan fingerprint density at radius 1 is 1.25 bits per heavy atom. The van der Waals surface area contributed by atoms with Gasteiger partial charge in [0.1, 0.15) is 11.9 Å². The standard InChI is InChI=1S/C9H9N3O3S/c1-16(13,14)8-4-2-7(3-5-8)15-9-6-10-12-11-9/h2-6H,1H3,(H,10,11,12). The predicted molar refractivity (Wildman–Crippen MR) is 56.0 cm³/mol. The van der Waals surface area contributed by atoms with Crippen LogP contribution in [0.2, 0.25) is 0 Å². The minimum Gasteiger partial charge on any atom is -0.436 e. The maximum absolute atomic E-state index is 11.2. The van der Waals surface area contributed by atoms with Crippen LogP contribution in [0.1, 0.15) is 0 Å². The largest absolute Gasteiger partial charge is 0.436 e. The second-order valence-corrected chi connectivity index (χ2v) is 5.17. The first-order chi connectivity index (χ1) is 7.55. The monoisotopic (exact) mass is 239 g/mol. The molecule has 0 aliphatic carbocycles. The van der Waals surface area contributed by atoms with E-state index in [1.54, 1.807) is 12.1 Å². The molecule has 0 aliphatic heterocycles. The number of benzene rings is 1. The van der Waals surface area contributed by atoms with E-state index in [-0.39, 0.29) is 4.90 Å². The van der Waals surface area contributed by atoms with Gasteiger partial charge >= 0.3 is 0 Å². The van der Waals surface area contributed by atoms with Gasteiger partial charge in [-0.1, -0.05) is 0 Å². The third-order valence-electron chi connectivity index (χ3n) is 1.87. The summed E-state index contributed by atoms with van der Waals surface area (Å²) in [6, 6.07) is 6.08. The number of aromatic nitrogens is 3. The number of rotatable bonds is 3. The van der Waals surface area contributed by atoms with E-state index in [1.807, 2.05) is 0 Å². The van der Waals surface area contributed by atoms with Crippen molar-refractivity contribution in [3.8, 4) is 11.6 Å². The lowest BCUT2D eigenvalue weighted by Gasteiger charge is -2.02. The number of H-pyrrole nitrogens is 1. The molecule has 0 unspecified atom stereocenters. The van der Waals surface area contributed by atoms with Gasteiger partial charge in [-0.25, -0.2) is 8.42 Å². The summed E-state index contributed by atoms with van der Waals surface area (Å²) in [6.45, 7) is 0. The first-order valence-corrected chi connectivity index (χ1v) is 6.28. The molecule has 0 radical (unpaired) electrons. The second-order valence-electron chi connectivity index (χ2n) is 3.15. The molecule has 1 N–H and O–H groups in total. The Morgan fingerprint density at radius 2 is 1.94 bits per heavy atom. The first-order valence-electron chi connectivity index (χ1n) is 4.39. The van der Waals surface area contributed by atoms with Crippen LogP contribution in [-0.2, 0) is 9.84 Å². The maximum Gasteiger partial charge on any atom is 0.258 e. The lowest BCUT2D eigenvalue weighted by molar-refractivity contribution is 0.461. The normalized spacial score (nSPS) is 11.3. The molecule has 7 heteroatoms. The number of hydrogen-bond donors (Lipinski definition) is 1. The minimum absolute atomic E-state index is 0.250. The highest BCUT2D eigenvalue weighted by Crippen LogP contribution is 2.20. The lowest BCUT2D eigenvalue weighted by Crippen LogP contribution is -1.96. The zero-order chi connectivity index (χ0) is 11.6. The van der Waals surface area contributed by atoms with Gasteiger partial charge in [0.25, 0.3) is 5.88 Å². The summed E-state index contributed by atoms with van der Waals surface area (Å²) in [5, 5.41) is 9.69. The highest BCUT2D eigenvalue weighted by Gasteiger charge is 2.07. The van der Waals surface area contributed by atoms with E-state index in [0.29, 0.717) is 11.6 Å². The predicted octanol–water partition coefficient (Wildman–Crippen LogP) is 1.00. The van der Waals surface area contributed by atoms with E-state index in [2.05, 4.69) is 15.4 Å². The summed E-state index contributed by atoms with van der Waals surface area (Å²) in [4.78, 5) is 0.250. The fourth-order valence-corrected chi connectivity index (χ4v) is 1.75. The van der Waals surface area contributed by atoms with Crippen LogP contribution in [-0.4, -0.2) is 30.1 Å². The van der Waals surface area contributed by atoms with Gasteiger partial charge in [-0.05, 0) is 24.3 Å². The van der Waals surface area contributed by atoms with E-state index in [9.17, 15) is 8.42 Å². The smallest absolute Gasteiger partial charge is 0.258 e. The number of nitrogens with one attached hydrogen (secondary N) is 1. The van der Waals surface area contributed by atoms with Crippen molar-refractivity contribution in [2.45, 2.75) is 4.90 Å². The van der Waals surface area contributed by atoms with E-state index >= 15 is 0 Å². The van der Waals surface area contributed by atoms with Gasteiger partial charge in [0.05, 0.1) is 4.90 Å². The van der Waals surface area contributed by atoms with Crippen molar-refractivity contribution < 1.29 is 13.2 Å². The molecule has 0 amide bonds. The average molecular weight is 239 g/mol. The molecule has 1 aromatic carbocycles. The molecule has 0 aliphatic rings. The Bertz CT molecular complexity index is 561. The van der Waals surface area contributed by atoms with Crippen LogP contribution in [0.15, 0.2) is 35.4 Å². The van der Waals surface area contributed by atoms with Crippen molar-refractivity contribution >= 4 is 9.84 Å².